The molecule has 1 unspecified atom stereocenters. The van der Waals surface area contributed by atoms with Gasteiger partial charge in [-0.05, 0) is 44.0 Å². The number of anilines is 1. The molecule has 2 aliphatic rings. The van der Waals surface area contributed by atoms with Crippen molar-refractivity contribution < 1.29 is 9.18 Å². The van der Waals surface area contributed by atoms with E-state index in [0.29, 0.717) is 0 Å². The molecular weight excluding hydrogens is 307 g/mol. The molecule has 0 aliphatic carbocycles. The van der Waals surface area contributed by atoms with Crippen molar-refractivity contribution in [2.24, 2.45) is 5.73 Å². The smallest absolute Gasteiger partial charge is 0.239 e. The topological polar surface area (TPSA) is 52.8 Å². The van der Waals surface area contributed by atoms with E-state index < -0.39 is 0 Å². The molecule has 0 aromatic heterocycles. The SMILES string of the molecule is CC(C(=O)N1CCC(N)CC1)N1CCN(c2ccc(F)cc2)CC1. The third-order valence-electron chi connectivity index (χ3n) is 5.26. The van der Waals surface area contributed by atoms with Crippen molar-refractivity contribution in [1.82, 2.24) is 9.80 Å². The molecule has 2 aliphatic heterocycles. The first-order valence-electron chi connectivity index (χ1n) is 8.83. The molecule has 132 valence electrons. The van der Waals surface area contributed by atoms with Crippen LogP contribution in [0.4, 0.5) is 10.1 Å². The Morgan fingerprint density at radius 1 is 1.08 bits per heavy atom. The zero-order valence-electron chi connectivity index (χ0n) is 14.3. The standard InChI is InChI=1S/C18H27FN4O/c1-14(18(24)23-8-6-16(20)7-9-23)21-10-12-22(13-11-21)17-4-2-15(19)3-5-17/h2-5,14,16H,6-13,20H2,1H3. The van der Waals surface area contributed by atoms with Crippen LogP contribution < -0.4 is 10.6 Å². The molecular formula is C18H27FN4O. The molecule has 0 spiro atoms. The summed E-state index contributed by atoms with van der Waals surface area (Å²) in [5.41, 5.74) is 6.96. The summed E-state index contributed by atoms with van der Waals surface area (Å²) in [6.45, 7) is 6.96. The van der Waals surface area contributed by atoms with E-state index in [1.54, 1.807) is 0 Å². The lowest BCUT2D eigenvalue weighted by Crippen LogP contribution is -2.56. The maximum atomic E-state index is 13.0. The first-order chi connectivity index (χ1) is 11.5. The fourth-order valence-corrected chi connectivity index (χ4v) is 3.56. The normalized spacial score (nSPS) is 21.8. The number of nitrogens with two attached hydrogens (primary N) is 1. The minimum absolute atomic E-state index is 0.0882. The Labute approximate surface area is 143 Å². The van der Waals surface area contributed by atoms with Gasteiger partial charge in [0.1, 0.15) is 5.82 Å². The van der Waals surface area contributed by atoms with Gasteiger partial charge in [-0.15, -0.1) is 0 Å². The average molecular weight is 334 g/mol. The van der Waals surface area contributed by atoms with Crippen LogP contribution in [0.1, 0.15) is 19.8 Å². The molecule has 6 heteroatoms. The van der Waals surface area contributed by atoms with Crippen molar-refractivity contribution in [2.75, 3.05) is 44.2 Å². The van der Waals surface area contributed by atoms with Gasteiger partial charge in [0, 0.05) is 51.0 Å². The van der Waals surface area contributed by atoms with Gasteiger partial charge in [0.25, 0.3) is 0 Å². The lowest BCUT2D eigenvalue weighted by atomic mass is 10.0. The van der Waals surface area contributed by atoms with E-state index in [1.165, 1.54) is 12.1 Å². The Kier molecular flexibility index (Phi) is 5.36. The molecule has 2 heterocycles. The lowest BCUT2D eigenvalue weighted by Gasteiger charge is -2.40. The Morgan fingerprint density at radius 2 is 1.67 bits per heavy atom. The number of hydrogen-bond acceptors (Lipinski definition) is 4. The van der Waals surface area contributed by atoms with E-state index >= 15 is 0 Å². The zero-order chi connectivity index (χ0) is 17.1. The summed E-state index contributed by atoms with van der Waals surface area (Å²) >= 11 is 0. The molecule has 3 rings (SSSR count). The van der Waals surface area contributed by atoms with Gasteiger partial charge in [0.05, 0.1) is 6.04 Å². The van der Waals surface area contributed by atoms with E-state index in [2.05, 4.69) is 9.80 Å². The lowest BCUT2D eigenvalue weighted by molar-refractivity contribution is -0.137. The van der Waals surface area contributed by atoms with Gasteiger partial charge in [-0.1, -0.05) is 0 Å². The Hall–Kier alpha value is -1.66. The summed E-state index contributed by atoms with van der Waals surface area (Å²) in [4.78, 5) is 19.1. The molecule has 24 heavy (non-hydrogen) atoms. The highest BCUT2D eigenvalue weighted by Crippen LogP contribution is 2.19. The molecule has 2 saturated heterocycles. The van der Waals surface area contributed by atoms with E-state index in [0.717, 1.165) is 57.8 Å². The molecule has 1 aromatic rings. The van der Waals surface area contributed by atoms with Gasteiger partial charge in [-0.25, -0.2) is 4.39 Å². The van der Waals surface area contributed by atoms with Crippen molar-refractivity contribution in [1.29, 1.82) is 0 Å². The highest BCUT2D eigenvalue weighted by atomic mass is 19.1. The van der Waals surface area contributed by atoms with Crippen LogP contribution in [0.3, 0.4) is 0 Å². The maximum absolute atomic E-state index is 13.0. The van der Waals surface area contributed by atoms with Gasteiger partial charge in [-0.2, -0.15) is 0 Å². The number of halogens is 1. The second-order valence-electron chi connectivity index (χ2n) is 6.84. The van der Waals surface area contributed by atoms with E-state index in [9.17, 15) is 9.18 Å². The van der Waals surface area contributed by atoms with Gasteiger partial charge in [0.2, 0.25) is 5.91 Å². The van der Waals surface area contributed by atoms with Crippen LogP contribution in [0, 0.1) is 5.82 Å². The minimum atomic E-state index is -0.210. The number of amides is 1. The molecule has 0 saturated carbocycles. The van der Waals surface area contributed by atoms with Crippen LogP contribution in [-0.2, 0) is 4.79 Å². The largest absolute Gasteiger partial charge is 0.369 e. The third kappa shape index (κ3) is 3.87. The first-order valence-corrected chi connectivity index (χ1v) is 8.83. The van der Waals surface area contributed by atoms with E-state index in [4.69, 9.17) is 5.73 Å². The number of nitrogens with zero attached hydrogens (tertiary/aromatic N) is 3. The monoisotopic (exact) mass is 334 g/mol. The van der Waals surface area contributed by atoms with Crippen LogP contribution in [0.25, 0.3) is 0 Å². The number of piperazine rings is 1. The van der Waals surface area contributed by atoms with Gasteiger partial charge < -0.3 is 15.5 Å². The molecule has 1 aromatic carbocycles. The summed E-state index contributed by atoms with van der Waals surface area (Å²) in [5, 5.41) is 0. The maximum Gasteiger partial charge on any atom is 0.239 e. The number of piperidine rings is 1. The Bertz CT molecular complexity index is 549. The summed E-state index contributed by atoms with van der Waals surface area (Å²) in [5.74, 6) is 0.00925. The quantitative estimate of drug-likeness (QED) is 0.905. The van der Waals surface area contributed by atoms with Gasteiger partial charge in [-0.3, -0.25) is 9.69 Å². The van der Waals surface area contributed by atoms with Crippen molar-refractivity contribution in [3.8, 4) is 0 Å². The second kappa shape index (κ2) is 7.49. The number of benzene rings is 1. The summed E-state index contributed by atoms with van der Waals surface area (Å²) < 4.78 is 13.0. The first kappa shape index (κ1) is 17.2. The van der Waals surface area contributed by atoms with Crippen LogP contribution in [-0.4, -0.2) is 67.1 Å². The molecule has 2 N–H and O–H groups in total. The fourth-order valence-electron chi connectivity index (χ4n) is 3.56. The molecule has 1 amide bonds. The van der Waals surface area contributed by atoms with E-state index in [-0.39, 0.29) is 23.8 Å². The molecule has 0 radical (unpaired) electrons. The predicted molar refractivity (Wildman–Crippen MR) is 93.4 cm³/mol. The van der Waals surface area contributed by atoms with Crippen LogP contribution >= 0.6 is 0 Å². The highest BCUT2D eigenvalue weighted by molar-refractivity contribution is 5.81. The zero-order valence-corrected chi connectivity index (χ0v) is 14.3. The summed E-state index contributed by atoms with van der Waals surface area (Å²) in [6, 6.07) is 6.77. The Balaban J connectivity index is 1.52. The summed E-state index contributed by atoms with van der Waals surface area (Å²) in [7, 11) is 0. The average Bonchev–Trinajstić information content (AvgIpc) is 2.62. The molecule has 2 fully saturated rings. The number of carbonyl (C=O) groups is 1. The second-order valence-corrected chi connectivity index (χ2v) is 6.84. The van der Waals surface area contributed by atoms with Crippen molar-refractivity contribution >= 4 is 11.6 Å². The minimum Gasteiger partial charge on any atom is -0.369 e. The molecule has 0 bridgehead atoms. The molecule has 5 nitrogen and oxygen atoms in total. The van der Waals surface area contributed by atoms with Gasteiger partial charge >= 0.3 is 0 Å². The van der Waals surface area contributed by atoms with E-state index in [1.807, 2.05) is 24.0 Å². The number of hydrogen-bond donors (Lipinski definition) is 1. The number of likely N-dealkylation sites (tertiary alicyclic amines) is 1. The van der Waals surface area contributed by atoms with Gasteiger partial charge in [0.15, 0.2) is 0 Å². The fraction of sp³-hybridized carbons (Fsp3) is 0.611. The van der Waals surface area contributed by atoms with Crippen molar-refractivity contribution in [3.05, 3.63) is 30.1 Å². The van der Waals surface area contributed by atoms with Crippen LogP contribution in [0.2, 0.25) is 0 Å². The number of rotatable bonds is 3. The number of carbonyl (C=O) groups excluding carboxylic acids is 1. The third-order valence-corrected chi connectivity index (χ3v) is 5.26. The van der Waals surface area contributed by atoms with Crippen LogP contribution in [0.15, 0.2) is 24.3 Å². The summed E-state index contributed by atoms with van der Waals surface area (Å²) in [6.07, 6.45) is 1.80. The van der Waals surface area contributed by atoms with Crippen LogP contribution in [0.5, 0.6) is 0 Å². The van der Waals surface area contributed by atoms with Crippen molar-refractivity contribution in [3.63, 3.8) is 0 Å². The highest BCUT2D eigenvalue weighted by Gasteiger charge is 2.30. The molecule has 1 atom stereocenters. The van der Waals surface area contributed by atoms with Crippen molar-refractivity contribution in [2.45, 2.75) is 31.8 Å². The predicted octanol–water partition coefficient (Wildman–Crippen LogP) is 1.29. The Morgan fingerprint density at radius 3 is 2.25 bits per heavy atom.